The van der Waals surface area contributed by atoms with E-state index in [1.165, 1.54) is 11.1 Å². The molecule has 386 valence electrons. The zero-order valence-electron chi connectivity index (χ0n) is 41.5. The number of benzene rings is 3. The molecule has 20 nitrogen and oxygen atoms in total. The summed E-state index contributed by atoms with van der Waals surface area (Å²) in [5.41, 5.74) is 1.97. The molecule has 6 amide bonds. The molecule has 5 aliphatic heterocycles. The molecule has 3 fully saturated rings. The van der Waals surface area contributed by atoms with Gasteiger partial charge in [0.25, 0.3) is 23.6 Å². The molecule has 0 radical (unpaired) electrons. The lowest BCUT2D eigenvalue weighted by molar-refractivity contribution is -0.136. The van der Waals surface area contributed by atoms with Gasteiger partial charge in [0.2, 0.25) is 27.8 Å². The molecular weight excluding hydrogens is 957 g/mol. The average molecular weight is 1020 g/mol. The van der Waals surface area contributed by atoms with Crippen LogP contribution in [0.5, 0.6) is 11.5 Å². The van der Waals surface area contributed by atoms with Crippen LogP contribution in [0.15, 0.2) is 66.9 Å². The number of imide groups is 2. The van der Waals surface area contributed by atoms with E-state index in [1.807, 2.05) is 11.8 Å². The van der Waals surface area contributed by atoms with Crippen LogP contribution in [0.25, 0.3) is 0 Å². The Morgan fingerprint density at radius 3 is 2.25 bits per heavy atom. The Hall–Kier alpha value is -6.97. The fraction of sp³-hybridized carbons (Fsp3) is 0.462. The maximum Gasteiger partial charge on any atom is 0.266 e. The first kappa shape index (κ1) is 51.0. The number of carbonyl (C=O) groups is 6. The molecule has 1 unspecified atom stereocenters. The zero-order chi connectivity index (χ0) is 51.4. The molecule has 0 spiro atoms. The Kier molecular flexibility index (Phi) is 15.4. The molecule has 1 atom stereocenters. The molecule has 6 heterocycles. The van der Waals surface area contributed by atoms with Crippen molar-refractivity contribution >= 4 is 74.3 Å². The van der Waals surface area contributed by atoms with Crippen LogP contribution in [0.1, 0.15) is 113 Å². The van der Waals surface area contributed by atoms with E-state index < -0.39 is 45.6 Å². The average Bonchev–Trinajstić information content (AvgIpc) is 3.59. The Labute approximate surface area is 425 Å². The van der Waals surface area contributed by atoms with E-state index >= 15 is 0 Å². The van der Waals surface area contributed by atoms with Gasteiger partial charge in [0.1, 0.15) is 23.2 Å². The second kappa shape index (κ2) is 22.0. The number of anilines is 5. The Bertz CT molecular complexity index is 2900. The van der Waals surface area contributed by atoms with Crippen molar-refractivity contribution in [3.8, 4) is 11.5 Å². The van der Waals surface area contributed by atoms with Crippen LogP contribution < -0.4 is 29.3 Å². The number of carbonyl (C=O) groups excluding carboxylic acids is 6. The Balaban J connectivity index is 0.685. The lowest BCUT2D eigenvalue weighted by Gasteiger charge is -2.42. The fourth-order valence-corrected chi connectivity index (χ4v) is 11.4. The molecule has 5 aliphatic rings. The highest BCUT2D eigenvalue weighted by molar-refractivity contribution is 7.92. The number of likely N-dealkylation sites (tertiary alicyclic amines) is 1. The van der Waals surface area contributed by atoms with E-state index in [1.54, 1.807) is 67.7 Å². The van der Waals surface area contributed by atoms with Gasteiger partial charge >= 0.3 is 0 Å². The third kappa shape index (κ3) is 10.9. The lowest BCUT2D eigenvalue weighted by Crippen LogP contribution is -2.54. The van der Waals surface area contributed by atoms with Crippen LogP contribution in [0.2, 0.25) is 0 Å². The number of nitrogens with one attached hydrogen (secondary N) is 2. The van der Waals surface area contributed by atoms with Crippen LogP contribution in [-0.4, -0.2) is 158 Å². The lowest BCUT2D eigenvalue weighted by atomic mass is 10.0. The number of amides is 6. The molecule has 9 rings (SSSR count). The summed E-state index contributed by atoms with van der Waals surface area (Å²) in [6.45, 7) is 9.02. The van der Waals surface area contributed by atoms with Crippen LogP contribution in [0, 0.1) is 0 Å². The zero-order valence-corrected chi connectivity index (χ0v) is 42.3. The van der Waals surface area contributed by atoms with Crippen LogP contribution >= 0.6 is 0 Å². The number of hydrogen-bond donors (Lipinski definition) is 2. The van der Waals surface area contributed by atoms with E-state index in [0.717, 1.165) is 99.6 Å². The molecule has 4 aromatic rings. The smallest absolute Gasteiger partial charge is 0.266 e. The second-order valence-electron chi connectivity index (χ2n) is 19.1. The Morgan fingerprint density at radius 1 is 0.781 bits per heavy atom. The largest absolute Gasteiger partial charge is 0.493 e. The van der Waals surface area contributed by atoms with E-state index in [-0.39, 0.29) is 58.6 Å². The van der Waals surface area contributed by atoms with Crippen molar-refractivity contribution in [3.05, 3.63) is 89.1 Å². The van der Waals surface area contributed by atoms with Crippen molar-refractivity contribution < 1.29 is 46.7 Å². The minimum absolute atomic E-state index is 0.0118. The first-order valence-electron chi connectivity index (χ1n) is 25.2. The first-order valence-corrected chi connectivity index (χ1v) is 27.1. The number of ether oxygens (including phenoxy) is 2. The summed E-state index contributed by atoms with van der Waals surface area (Å²) < 4.78 is 39.5. The van der Waals surface area contributed by atoms with Gasteiger partial charge in [0.05, 0.1) is 53.7 Å². The summed E-state index contributed by atoms with van der Waals surface area (Å²) in [4.78, 5) is 96.1. The number of rotatable bonds is 18. The van der Waals surface area contributed by atoms with Gasteiger partial charge in [-0.3, -0.25) is 43.9 Å². The SMILES string of the molecule is CCOc1cc(C(=O)N2CCC(N3CCN(CCCCCCCCOc4cccc5c4C(=O)N(C4CCC(=O)NC4=O)C5=O)CC3)CC2)ccc1Nc1ncc2c(n1)N(S(C)(=O)=O)c1ccccc1C(=O)N2C. The topological polar surface area (TPSA) is 224 Å². The molecule has 21 heteroatoms. The molecular formula is C52H62N10O10S. The molecule has 0 bridgehead atoms. The molecule has 2 N–H and O–H groups in total. The van der Waals surface area contributed by atoms with Crippen molar-refractivity contribution in [2.45, 2.75) is 83.2 Å². The highest BCUT2D eigenvalue weighted by atomic mass is 32.2. The van der Waals surface area contributed by atoms with E-state index in [4.69, 9.17) is 9.47 Å². The highest BCUT2D eigenvalue weighted by Gasteiger charge is 2.46. The van der Waals surface area contributed by atoms with Crippen molar-refractivity contribution in [1.29, 1.82) is 0 Å². The number of sulfonamides is 1. The van der Waals surface area contributed by atoms with Gasteiger partial charge in [0.15, 0.2) is 5.82 Å². The number of fused-ring (bicyclic) bond motifs is 3. The Morgan fingerprint density at radius 2 is 1.51 bits per heavy atom. The number of nitrogens with zero attached hydrogens (tertiary/aromatic N) is 8. The van der Waals surface area contributed by atoms with Gasteiger partial charge in [-0.05, 0) is 88.0 Å². The van der Waals surface area contributed by atoms with Crippen molar-refractivity contribution in [3.63, 3.8) is 0 Å². The van der Waals surface area contributed by atoms with Crippen LogP contribution in [0.3, 0.4) is 0 Å². The van der Waals surface area contributed by atoms with Crippen molar-refractivity contribution in [1.82, 2.24) is 34.9 Å². The summed E-state index contributed by atoms with van der Waals surface area (Å²) in [6, 6.07) is 16.0. The van der Waals surface area contributed by atoms with Gasteiger partial charge in [-0.2, -0.15) is 4.98 Å². The molecule has 3 saturated heterocycles. The predicted molar refractivity (Wildman–Crippen MR) is 272 cm³/mol. The van der Waals surface area contributed by atoms with Crippen LogP contribution in [-0.2, 0) is 19.6 Å². The normalized spacial score (nSPS) is 18.8. The monoisotopic (exact) mass is 1020 g/mol. The summed E-state index contributed by atoms with van der Waals surface area (Å²) in [5, 5.41) is 5.37. The second-order valence-corrected chi connectivity index (χ2v) is 20.9. The van der Waals surface area contributed by atoms with Gasteiger partial charge in [-0.25, -0.2) is 17.7 Å². The van der Waals surface area contributed by atoms with Gasteiger partial charge < -0.3 is 29.5 Å². The number of piperazine rings is 1. The number of piperidine rings is 2. The molecule has 1 aromatic heterocycles. The predicted octanol–water partition coefficient (Wildman–Crippen LogP) is 5.35. The quantitative estimate of drug-likeness (QED) is 0.0947. The molecule has 0 aliphatic carbocycles. The summed E-state index contributed by atoms with van der Waals surface area (Å²) in [7, 11) is -2.40. The van der Waals surface area contributed by atoms with E-state index in [0.29, 0.717) is 55.1 Å². The third-order valence-electron chi connectivity index (χ3n) is 14.3. The van der Waals surface area contributed by atoms with Crippen molar-refractivity contribution in [2.75, 3.05) is 86.9 Å². The van der Waals surface area contributed by atoms with Crippen molar-refractivity contribution in [2.24, 2.45) is 0 Å². The van der Waals surface area contributed by atoms with Gasteiger partial charge in [-0.1, -0.05) is 43.9 Å². The fourth-order valence-electron chi connectivity index (χ4n) is 10.4. The van der Waals surface area contributed by atoms with Gasteiger partial charge in [-0.15, -0.1) is 0 Å². The number of unbranched alkanes of at least 4 members (excludes halogenated alkanes) is 5. The standard InChI is InChI=1S/C52H62N10O10S/c1-4-71-43-32-34(18-19-38(43)54-52-53-33-41-46(56-52)62(73(3,69)70)39-16-10-9-14-36(39)49(66)57(41)2)48(65)60-25-22-35(23-26-60)59-29-27-58(28-30-59)24-11-7-5-6-8-12-31-72-42-17-13-15-37-45(42)51(68)61(50(37)67)40-20-21-44(63)55-47(40)64/h9-10,13-19,32-33,35,40H,4-8,11-12,20-31H2,1-3H3,(H,53,54,56)(H,55,63,64). The molecule has 3 aromatic carbocycles. The molecule has 0 saturated carbocycles. The minimum atomic E-state index is -3.95. The third-order valence-corrected chi connectivity index (χ3v) is 15.3. The summed E-state index contributed by atoms with van der Waals surface area (Å²) >= 11 is 0. The maximum atomic E-state index is 13.9. The molecule has 73 heavy (non-hydrogen) atoms. The highest BCUT2D eigenvalue weighted by Crippen LogP contribution is 2.41. The minimum Gasteiger partial charge on any atom is -0.493 e. The van der Waals surface area contributed by atoms with Crippen LogP contribution in [0.4, 0.5) is 28.8 Å². The van der Waals surface area contributed by atoms with E-state index in [9.17, 15) is 37.2 Å². The maximum absolute atomic E-state index is 13.9. The van der Waals surface area contributed by atoms with Gasteiger partial charge in [0, 0.05) is 64.3 Å². The number of hydrogen-bond acceptors (Lipinski definition) is 15. The number of aromatic nitrogens is 2. The summed E-state index contributed by atoms with van der Waals surface area (Å²) in [6.07, 6.45) is 10.7. The summed E-state index contributed by atoms with van der Waals surface area (Å²) in [5.74, 6) is -1.80. The van der Waals surface area contributed by atoms with E-state index in [2.05, 4.69) is 30.4 Å². The number of para-hydroxylation sites is 1. The first-order chi connectivity index (χ1) is 35.2.